The number of benzene rings is 2. The molecule has 104 valence electrons. The van der Waals surface area contributed by atoms with Gasteiger partial charge in [-0.15, -0.1) is 0 Å². The highest BCUT2D eigenvalue weighted by Crippen LogP contribution is 2.05. The third kappa shape index (κ3) is 4.84. The van der Waals surface area contributed by atoms with Crippen LogP contribution in [-0.2, 0) is 17.6 Å². The minimum atomic E-state index is -0.249. The van der Waals surface area contributed by atoms with E-state index in [2.05, 4.69) is 5.32 Å². The van der Waals surface area contributed by atoms with Gasteiger partial charge in [0.25, 0.3) is 0 Å². The molecule has 0 saturated carbocycles. The van der Waals surface area contributed by atoms with E-state index in [1.165, 1.54) is 17.7 Å². The number of aryl methyl sites for hydroxylation is 1. The molecule has 2 aromatic rings. The predicted molar refractivity (Wildman–Crippen MR) is 77.9 cm³/mol. The highest BCUT2D eigenvalue weighted by molar-refractivity contribution is 5.76. The number of rotatable bonds is 6. The Morgan fingerprint density at radius 1 is 0.900 bits per heavy atom. The van der Waals surface area contributed by atoms with Gasteiger partial charge < -0.3 is 5.32 Å². The van der Waals surface area contributed by atoms with Crippen molar-refractivity contribution in [1.29, 1.82) is 0 Å². The maximum absolute atomic E-state index is 12.7. The molecule has 0 fully saturated rings. The Morgan fingerprint density at radius 2 is 1.55 bits per heavy atom. The Morgan fingerprint density at radius 3 is 2.25 bits per heavy atom. The molecule has 1 N–H and O–H groups in total. The normalized spacial score (nSPS) is 10.2. The van der Waals surface area contributed by atoms with Gasteiger partial charge in [0.05, 0.1) is 0 Å². The summed E-state index contributed by atoms with van der Waals surface area (Å²) in [6, 6.07) is 16.3. The average Bonchev–Trinajstić information content (AvgIpc) is 2.48. The Labute approximate surface area is 118 Å². The molecule has 1 amide bonds. The van der Waals surface area contributed by atoms with Crippen LogP contribution in [0.1, 0.15) is 17.5 Å². The first kappa shape index (κ1) is 14.3. The van der Waals surface area contributed by atoms with Crippen molar-refractivity contribution in [1.82, 2.24) is 5.32 Å². The van der Waals surface area contributed by atoms with E-state index >= 15 is 0 Å². The summed E-state index contributed by atoms with van der Waals surface area (Å²) in [6.07, 6.45) is 1.90. The van der Waals surface area contributed by atoms with E-state index in [0.29, 0.717) is 19.4 Å². The van der Waals surface area contributed by atoms with Crippen molar-refractivity contribution in [3.8, 4) is 0 Å². The first-order chi connectivity index (χ1) is 9.74. The molecular formula is C17H18FNO. The maximum atomic E-state index is 12.7. The van der Waals surface area contributed by atoms with E-state index < -0.39 is 0 Å². The Balaban J connectivity index is 1.67. The Kier molecular flexibility index (Phi) is 5.30. The van der Waals surface area contributed by atoms with E-state index in [1.54, 1.807) is 12.1 Å². The molecule has 2 nitrogen and oxygen atoms in total. The van der Waals surface area contributed by atoms with Crippen LogP contribution in [0.15, 0.2) is 54.6 Å². The smallest absolute Gasteiger partial charge is 0.220 e. The molecule has 2 rings (SSSR count). The molecule has 0 spiro atoms. The van der Waals surface area contributed by atoms with Crippen molar-refractivity contribution in [3.05, 3.63) is 71.5 Å². The van der Waals surface area contributed by atoms with Gasteiger partial charge >= 0.3 is 0 Å². The lowest BCUT2D eigenvalue weighted by Crippen LogP contribution is -2.25. The summed E-state index contributed by atoms with van der Waals surface area (Å²) < 4.78 is 12.7. The van der Waals surface area contributed by atoms with Crippen LogP contribution in [0, 0.1) is 5.82 Å². The molecule has 0 aliphatic rings. The lowest BCUT2D eigenvalue weighted by Gasteiger charge is -2.05. The highest BCUT2D eigenvalue weighted by atomic mass is 19.1. The van der Waals surface area contributed by atoms with Crippen LogP contribution in [0.4, 0.5) is 4.39 Å². The second kappa shape index (κ2) is 7.43. The Hall–Kier alpha value is -2.16. The number of carbonyl (C=O) groups is 1. The lowest BCUT2D eigenvalue weighted by molar-refractivity contribution is -0.121. The second-order valence-electron chi connectivity index (χ2n) is 4.71. The summed E-state index contributed by atoms with van der Waals surface area (Å²) in [6.45, 7) is 0.645. The SMILES string of the molecule is O=C(CCc1ccc(F)cc1)NCCc1ccccc1. The quantitative estimate of drug-likeness (QED) is 0.859. The summed E-state index contributed by atoms with van der Waals surface area (Å²) in [5.74, 6) is -0.216. The van der Waals surface area contributed by atoms with Crippen LogP contribution in [0.3, 0.4) is 0 Å². The van der Waals surface area contributed by atoms with Gasteiger partial charge in [-0.1, -0.05) is 42.5 Å². The molecule has 0 aliphatic carbocycles. The zero-order valence-electron chi connectivity index (χ0n) is 11.3. The number of hydrogen-bond donors (Lipinski definition) is 1. The maximum Gasteiger partial charge on any atom is 0.220 e. The number of halogens is 1. The van der Waals surface area contributed by atoms with Crippen LogP contribution in [0.2, 0.25) is 0 Å². The van der Waals surface area contributed by atoms with Crippen molar-refractivity contribution in [2.45, 2.75) is 19.3 Å². The molecular weight excluding hydrogens is 253 g/mol. The highest BCUT2D eigenvalue weighted by Gasteiger charge is 2.02. The zero-order chi connectivity index (χ0) is 14.2. The largest absolute Gasteiger partial charge is 0.356 e. The molecule has 0 heterocycles. The second-order valence-corrected chi connectivity index (χ2v) is 4.71. The van der Waals surface area contributed by atoms with Gasteiger partial charge in [-0.05, 0) is 36.1 Å². The van der Waals surface area contributed by atoms with Gasteiger partial charge in [0.15, 0.2) is 0 Å². The van der Waals surface area contributed by atoms with E-state index in [-0.39, 0.29) is 11.7 Å². The molecule has 3 heteroatoms. The summed E-state index contributed by atoms with van der Waals surface area (Å²) >= 11 is 0. The molecule has 0 saturated heterocycles. The Bertz CT molecular complexity index is 537. The van der Waals surface area contributed by atoms with Crippen LogP contribution >= 0.6 is 0 Å². The van der Waals surface area contributed by atoms with Crippen LogP contribution in [-0.4, -0.2) is 12.5 Å². The number of hydrogen-bond acceptors (Lipinski definition) is 1. The predicted octanol–water partition coefficient (Wildman–Crippen LogP) is 3.12. The van der Waals surface area contributed by atoms with Gasteiger partial charge in [-0.3, -0.25) is 4.79 Å². The molecule has 2 aromatic carbocycles. The molecule has 0 bridgehead atoms. The molecule has 20 heavy (non-hydrogen) atoms. The van der Waals surface area contributed by atoms with Crippen molar-refractivity contribution < 1.29 is 9.18 Å². The summed E-state index contributed by atoms with van der Waals surface area (Å²) in [4.78, 5) is 11.7. The van der Waals surface area contributed by atoms with E-state index in [1.807, 2.05) is 30.3 Å². The standard InChI is InChI=1S/C17H18FNO/c18-16-9-6-15(7-10-16)8-11-17(20)19-13-12-14-4-2-1-3-5-14/h1-7,9-10H,8,11-13H2,(H,19,20). The molecule has 0 atom stereocenters. The first-order valence-electron chi connectivity index (χ1n) is 6.79. The first-order valence-corrected chi connectivity index (χ1v) is 6.79. The monoisotopic (exact) mass is 271 g/mol. The van der Waals surface area contributed by atoms with Gasteiger partial charge in [0.2, 0.25) is 5.91 Å². The molecule has 0 aliphatic heterocycles. The van der Waals surface area contributed by atoms with E-state index in [9.17, 15) is 9.18 Å². The van der Waals surface area contributed by atoms with E-state index in [0.717, 1.165) is 12.0 Å². The van der Waals surface area contributed by atoms with Gasteiger partial charge in [-0.25, -0.2) is 4.39 Å². The van der Waals surface area contributed by atoms with Crippen LogP contribution in [0.5, 0.6) is 0 Å². The van der Waals surface area contributed by atoms with Crippen molar-refractivity contribution in [2.75, 3.05) is 6.54 Å². The molecule has 0 unspecified atom stereocenters. The number of amides is 1. The van der Waals surface area contributed by atoms with Crippen LogP contribution < -0.4 is 5.32 Å². The van der Waals surface area contributed by atoms with Crippen molar-refractivity contribution >= 4 is 5.91 Å². The van der Waals surface area contributed by atoms with Crippen molar-refractivity contribution in [3.63, 3.8) is 0 Å². The fourth-order valence-electron chi connectivity index (χ4n) is 1.99. The number of nitrogens with one attached hydrogen (secondary N) is 1. The minimum Gasteiger partial charge on any atom is -0.356 e. The lowest BCUT2D eigenvalue weighted by atomic mass is 10.1. The minimum absolute atomic E-state index is 0.0326. The fraction of sp³-hybridized carbons (Fsp3) is 0.235. The van der Waals surface area contributed by atoms with Crippen LogP contribution in [0.25, 0.3) is 0 Å². The topological polar surface area (TPSA) is 29.1 Å². The van der Waals surface area contributed by atoms with E-state index in [4.69, 9.17) is 0 Å². The molecule has 0 aromatic heterocycles. The van der Waals surface area contributed by atoms with Gasteiger partial charge in [0, 0.05) is 13.0 Å². The van der Waals surface area contributed by atoms with Gasteiger partial charge in [-0.2, -0.15) is 0 Å². The number of carbonyl (C=O) groups excluding carboxylic acids is 1. The third-order valence-corrected chi connectivity index (χ3v) is 3.13. The van der Waals surface area contributed by atoms with Crippen molar-refractivity contribution in [2.24, 2.45) is 0 Å². The van der Waals surface area contributed by atoms with Gasteiger partial charge in [0.1, 0.15) is 5.82 Å². The summed E-state index contributed by atoms with van der Waals surface area (Å²) in [7, 11) is 0. The zero-order valence-corrected chi connectivity index (χ0v) is 11.3. The fourth-order valence-corrected chi connectivity index (χ4v) is 1.99. The molecule has 0 radical (unpaired) electrons. The summed E-state index contributed by atoms with van der Waals surface area (Å²) in [5, 5.41) is 2.90. The third-order valence-electron chi connectivity index (χ3n) is 3.13. The summed E-state index contributed by atoms with van der Waals surface area (Å²) in [5.41, 5.74) is 2.19. The average molecular weight is 271 g/mol.